The molecule has 1 N–H and O–H groups in total. The molecule has 0 aliphatic carbocycles. The maximum Gasteiger partial charge on any atom is 0.243 e. The molecule has 1 fully saturated rings. The van der Waals surface area contributed by atoms with E-state index in [1.165, 1.54) is 10.4 Å². The maximum atomic E-state index is 12.7. The van der Waals surface area contributed by atoms with Gasteiger partial charge in [0.05, 0.1) is 4.90 Å². The third kappa shape index (κ3) is 4.53. The number of nitrogens with zero attached hydrogens (tertiary/aromatic N) is 2. The van der Waals surface area contributed by atoms with Gasteiger partial charge in [-0.05, 0) is 31.2 Å². The fourth-order valence-corrected chi connectivity index (χ4v) is 4.09. The van der Waals surface area contributed by atoms with Gasteiger partial charge in [-0.1, -0.05) is 19.9 Å². The third-order valence-electron chi connectivity index (χ3n) is 4.01. The fraction of sp³-hybridized carbons (Fsp3) is 0.562. The van der Waals surface area contributed by atoms with Gasteiger partial charge >= 0.3 is 0 Å². The number of hydrogen-bond donors (Lipinski definition) is 1. The van der Waals surface area contributed by atoms with Crippen LogP contribution in [-0.4, -0.2) is 56.3 Å². The minimum atomic E-state index is -3.51. The SMILES string of the molecule is CCCC(=O)Nc1cccc(S(=O)(=O)N2CCN(CC)CC2)c1. The summed E-state index contributed by atoms with van der Waals surface area (Å²) in [5.41, 5.74) is 0.525. The Bertz CT molecular complexity index is 638. The predicted octanol–water partition coefficient (Wildman–Crippen LogP) is 1.75. The number of amides is 1. The molecule has 0 atom stereocenters. The molecule has 0 aromatic heterocycles. The number of anilines is 1. The summed E-state index contributed by atoms with van der Waals surface area (Å²) in [5.74, 6) is -0.0985. The van der Waals surface area contributed by atoms with E-state index in [0.29, 0.717) is 25.2 Å². The molecule has 1 saturated heterocycles. The van der Waals surface area contributed by atoms with Crippen LogP contribution in [0, 0.1) is 0 Å². The van der Waals surface area contributed by atoms with Crippen LogP contribution in [0.1, 0.15) is 26.7 Å². The number of hydrogen-bond acceptors (Lipinski definition) is 4. The molecule has 6 nitrogen and oxygen atoms in total. The van der Waals surface area contributed by atoms with Crippen LogP contribution in [0.3, 0.4) is 0 Å². The van der Waals surface area contributed by atoms with Crippen molar-refractivity contribution in [3.05, 3.63) is 24.3 Å². The van der Waals surface area contributed by atoms with Crippen molar-refractivity contribution in [3.8, 4) is 0 Å². The van der Waals surface area contributed by atoms with Gasteiger partial charge in [-0.15, -0.1) is 0 Å². The summed E-state index contributed by atoms with van der Waals surface area (Å²) in [5, 5.41) is 2.74. The van der Waals surface area contributed by atoms with Crippen molar-refractivity contribution >= 4 is 21.6 Å². The van der Waals surface area contributed by atoms with E-state index in [4.69, 9.17) is 0 Å². The van der Waals surface area contributed by atoms with Crippen LogP contribution in [-0.2, 0) is 14.8 Å². The topological polar surface area (TPSA) is 69.7 Å². The van der Waals surface area contributed by atoms with Crippen molar-refractivity contribution in [2.75, 3.05) is 38.0 Å². The van der Waals surface area contributed by atoms with Crippen molar-refractivity contribution in [1.82, 2.24) is 9.21 Å². The number of rotatable bonds is 6. The molecular weight excluding hydrogens is 314 g/mol. The van der Waals surface area contributed by atoms with E-state index in [1.807, 2.05) is 6.92 Å². The van der Waals surface area contributed by atoms with Crippen LogP contribution in [0.4, 0.5) is 5.69 Å². The van der Waals surface area contributed by atoms with Gasteiger partial charge in [0, 0.05) is 38.3 Å². The number of benzene rings is 1. The summed E-state index contributed by atoms with van der Waals surface area (Å²) >= 11 is 0. The number of carbonyl (C=O) groups excluding carboxylic acids is 1. The first-order valence-electron chi connectivity index (χ1n) is 8.09. The lowest BCUT2D eigenvalue weighted by molar-refractivity contribution is -0.116. The third-order valence-corrected chi connectivity index (χ3v) is 5.91. The van der Waals surface area contributed by atoms with E-state index in [-0.39, 0.29) is 10.8 Å². The predicted molar refractivity (Wildman–Crippen MR) is 90.9 cm³/mol. The first-order chi connectivity index (χ1) is 11.0. The second-order valence-corrected chi connectivity index (χ2v) is 7.60. The Balaban J connectivity index is 2.12. The Morgan fingerprint density at radius 1 is 1.17 bits per heavy atom. The van der Waals surface area contributed by atoms with Gasteiger partial charge in [0.2, 0.25) is 15.9 Å². The zero-order chi connectivity index (χ0) is 16.9. The first-order valence-corrected chi connectivity index (χ1v) is 9.53. The molecule has 1 amide bonds. The molecule has 0 unspecified atom stereocenters. The first kappa shape index (κ1) is 17.9. The van der Waals surface area contributed by atoms with E-state index < -0.39 is 10.0 Å². The number of piperazine rings is 1. The number of carbonyl (C=O) groups is 1. The standard InChI is InChI=1S/C16H25N3O3S/c1-3-6-16(20)17-14-7-5-8-15(13-14)23(21,22)19-11-9-18(4-2)10-12-19/h5,7-8,13H,3-4,6,9-12H2,1-2H3,(H,17,20). The average Bonchev–Trinajstić information content (AvgIpc) is 2.55. The van der Waals surface area contributed by atoms with Gasteiger partial charge < -0.3 is 10.2 Å². The molecule has 1 heterocycles. The molecule has 1 aliphatic rings. The highest BCUT2D eigenvalue weighted by Gasteiger charge is 2.28. The van der Waals surface area contributed by atoms with Crippen molar-refractivity contribution in [2.24, 2.45) is 0 Å². The number of sulfonamides is 1. The quantitative estimate of drug-likeness (QED) is 0.857. The summed E-state index contributed by atoms with van der Waals surface area (Å²) in [4.78, 5) is 14.1. The lowest BCUT2D eigenvalue weighted by atomic mass is 10.3. The van der Waals surface area contributed by atoms with E-state index in [1.54, 1.807) is 18.2 Å². The number of nitrogens with one attached hydrogen (secondary N) is 1. The van der Waals surface area contributed by atoms with Gasteiger partial charge in [0.25, 0.3) is 0 Å². The van der Waals surface area contributed by atoms with Gasteiger partial charge in [-0.25, -0.2) is 8.42 Å². The monoisotopic (exact) mass is 339 g/mol. The molecule has 0 bridgehead atoms. The van der Waals surface area contributed by atoms with E-state index in [2.05, 4.69) is 17.1 Å². The Labute approximate surface area is 138 Å². The van der Waals surface area contributed by atoms with Crippen LogP contribution >= 0.6 is 0 Å². The highest BCUT2D eigenvalue weighted by atomic mass is 32.2. The molecule has 128 valence electrons. The Hall–Kier alpha value is -1.44. The molecule has 23 heavy (non-hydrogen) atoms. The Morgan fingerprint density at radius 2 is 1.87 bits per heavy atom. The van der Waals surface area contributed by atoms with Crippen LogP contribution in [0.2, 0.25) is 0 Å². The Morgan fingerprint density at radius 3 is 2.48 bits per heavy atom. The molecule has 1 aliphatic heterocycles. The van der Waals surface area contributed by atoms with Gasteiger partial charge in [-0.3, -0.25) is 4.79 Å². The average molecular weight is 339 g/mol. The molecule has 0 radical (unpaired) electrons. The highest BCUT2D eigenvalue weighted by molar-refractivity contribution is 7.89. The van der Waals surface area contributed by atoms with Crippen LogP contribution in [0.15, 0.2) is 29.2 Å². The molecule has 1 aromatic rings. The van der Waals surface area contributed by atoms with Crippen molar-refractivity contribution in [1.29, 1.82) is 0 Å². The smallest absolute Gasteiger partial charge is 0.243 e. The second kappa shape index (κ2) is 7.90. The summed E-state index contributed by atoms with van der Waals surface area (Å²) < 4.78 is 27.0. The van der Waals surface area contributed by atoms with Crippen LogP contribution in [0.5, 0.6) is 0 Å². The lowest BCUT2D eigenvalue weighted by Gasteiger charge is -2.33. The second-order valence-electron chi connectivity index (χ2n) is 5.66. The summed E-state index contributed by atoms with van der Waals surface area (Å²) in [6, 6.07) is 6.49. The largest absolute Gasteiger partial charge is 0.326 e. The molecule has 7 heteroatoms. The maximum absolute atomic E-state index is 12.7. The molecule has 1 aromatic carbocycles. The zero-order valence-electron chi connectivity index (χ0n) is 13.8. The molecular formula is C16H25N3O3S. The van der Waals surface area contributed by atoms with Gasteiger partial charge in [-0.2, -0.15) is 4.31 Å². The van der Waals surface area contributed by atoms with Crippen molar-refractivity contribution < 1.29 is 13.2 Å². The Kier molecular flexibility index (Phi) is 6.15. The van der Waals surface area contributed by atoms with Gasteiger partial charge in [0.15, 0.2) is 0 Å². The highest BCUT2D eigenvalue weighted by Crippen LogP contribution is 2.21. The van der Waals surface area contributed by atoms with Crippen LogP contribution in [0.25, 0.3) is 0 Å². The van der Waals surface area contributed by atoms with E-state index >= 15 is 0 Å². The van der Waals surface area contributed by atoms with Crippen LogP contribution < -0.4 is 5.32 Å². The summed E-state index contributed by atoms with van der Waals surface area (Å²) in [7, 11) is -3.51. The van der Waals surface area contributed by atoms with E-state index in [9.17, 15) is 13.2 Å². The zero-order valence-corrected chi connectivity index (χ0v) is 14.6. The summed E-state index contributed by atoms with van der Waals surface area (Å²) in [6.07, 6.45) is 1.18. The molecule has 2 rings (SSSR count). The fourth-order valence-electron chi connectivity index (χ4n) is 2.62. The summed E-state index contributed by atoms with van der Waals surface area (Å²) in [6.45, 7) is 7.45. The van der Waals surface area contributed by atoms with Crippen molar-refractivity contribution in [3.63, 3.8) is 0 Å². The minimum absolute atomic E-state index is 0.0985. The molecule has 0 spiro atoms. The van der Waals surface area contributed by atoms with Crippen molar-refractivity contribution in [2.45, 2.75) is 31.6 Å². The van der Waals surface area contributed by atoms with E-state index in [0.717, 1.165) is 26.1 Å². The van der Waals surface area contributed by atoms with Gasteiger partial charge in [0.1, 0.15) is 0 Å². The lowest BCUT2D eigenvalue weighted by Crippen LogP contribution is -2.48. The molecule has 0 saturated carbocycles. The minimum Gasteiger partial charge on any atom is -0.326 e. The number of likely N-dealkylation sites (N-methyl/N-ethyl adjacent to an activating group) is 1. The normalized spacial score (nSPS) is 17.1.